The summed E-state index contributed by atoms with van der Waals surface area (Å²) < 4.78 is 13.8. The molecule has 0 bridgehead atoms. The first-order chi connectivity index (χ1) is 7.22. The van der Waals surface area contributed by atoms with Gasteiger partial charge >= 0.3 is 0 Å². The molecule has 1 saturated carbocycles. The molecule has 1 N–H and O–H groups in total. The van der Waals surface area contributed by atoms with E-state index in [9.17, 15) is 4.39 Å². The van der Waals surface area contributed by atoms with Crippen molar-refractivity contribution in [1.29, 1.82) is 0 Å². The minimum Gasteiger partial charge on any atom is -0.313 e. The van der Waals surface area contributed by atoms with Crippen LogP contribution < -0.4 is 5.32 Å². The fraction of sp³-hybridized carbons (Fsp3) is 0.538. The molecule has 1 aliphatic carbocycles. The molecule has 1 atom stereocenters. The Morgan fingerprint density at radius 2 is 2.13 bits per heavy atom. The highest BCUT2D eigenvalue weighted by Gasteiger charge is 2.28. The van der Waals surface area contributed by atoms with E-state index in [0.717, 1.165) is 11.1 Å². The molecule has 1 aromatic carbocycles. The minimum absolute atomic E-state index is 0.0683. The zero-order valence-electron chi connectivity index (χ0n) is 9.39. The van der Waals surface area contributed by atoms with Gasteiger partial charge in [-0.1, -0.05) is 18.6 Å². The molecule has 0 amide bonds. The zero-order chi connectivity index (χ0) is 10.8. The zero-order valence-corrected chi connectivity index (χ0v) is 9.39. The van der Waals surface area contributed by atoms with Crippen LogP contribution in [0.3, 0.4) is 0 Å². The molecule has 1 unspecified atom stereocenters. The van der Waals surface area contributed by atoms with Gasteiger partial charge in [0.2, 0.25) is 0 Å². The van der Waals surface area contributed by atoms with Crippen LogP contribution in [0.1, 0.15) is 36.4 Å². The van der Waals surface area contributed by atoms with E-state index in [4.69, 9.17) is 0 Å². The number of nitrogens with one attached hydrogen (secondary N) is 1. The van der Waals surface area contributed by atoms with E-state index >= 15 is 0 Å². The maximum Gasteiger partial charge on any atom is 0.128 e. The third-order valence-electron chi connectivity index (χ3n) is 3.42. The van der Waals surface area contributed by atoms with Gasteiger partial charge in [0.1, 0.15) is 5.82 Å². The Morgan fingerprint density at radius 3 is 2.60 bits per heavy atom. The summed E-state index contributed by atoms with van der Waals surface area (Å²) >= 11 is 0. The monoisotopic (exact) mass is 207 g/mol. The molecule has 1 aromatic rings. The smallest absolute Gasteiger partial charge is 0.128 e. The van der Waals surface area contributed by atoms with E-state index in [-0.39, 0.29) is 11.9 Å². The summed E-state index contributed by atoms with van der Waals surface area (Å²) in [5.74, 6) is 0.549. The van der Waals surface area contributed by atoms with E-state index < -0.39 is 0 Å². The van der Waals surface area contributed by atoms with Crippen LogP contribution in [0.15, 0.2) is 18.2 Å². The third kappa shape index (κ3) is 2.05. The van der Waals surface area contributed by atoms with Gasteiger partial charge in [-0.3, -0.25) is 0 Å². The van der Waals surface area contributed by atoms with Crippen LogP contribution in [0, 0.1) is 18.7 Å². The average Bonchev–Trinajstić information content (AvgIpc) is 2.12. The Balaban J connectivity index is 2.25. The highest BCUT2D eigenvalue weighted by Crippen LogP contribution is 2.38. The number of aryl methyl sites for hydroxylation is 1. The second kappa shape index (κ2) is 4.31. The highest BCUT2D eigenvalue weighted by molar-refractivity contribution is 5.27. The van der Waals surface area contributed by atoms with Crippen molar-refractivity contribution in [2.75, 3.05) is 7.05 Å². The summed E-state index contributed by atoms with van der Waals surface area (Å²) in [6.45, 7) is 1.92. The van der Waals surface area contributed by atoms with Crippen LogP contribution in [0.4, 0.5) is 4.39 Å². The molecule has 0 aromatic heterocycles. The molecule has 1 fully saturated rings. The SMILES string of the molecule is CNC(c1ccc(C)cc1F)C1CCC1. The second-order valence-electron chi connectivity index (χ2n) is 4.48. The van der Waals surface area contributed by atoms with E-state index in [1.807, 2.05) is 26.1 Å². The minimum atomic E-state index is -0.0683. The lowest BCUT2D eigenvalue weighted by atomic mass is 9.77. The maximum absolute atomic E-state index is 13.8. The first kappa shape index (κ1) is 10.6. The highest BCUT2D eigenvalue weighted by atomic mass is 19.1. The van der Waals surface area contributed by atoms with Gasteiger partial charge in [-0.15, -0.1) is 0 Å². The molecule has 82 valence electrons. The average molecular weight is 207 g/mol. The van der Waals surface area contributed by atoms with Crippen molar-refractivity contribution >= 4 is 0 Å². The number of halogens is 1. The van der Waals surface area contributed by atoms with E-state index in [0.29, 0.717) is 5.92 Å². The van der Waals surface area contributed by atoms with Crippen molar-refractivity contribution in [3.05, 3.63) is 35.1 Å². The van der Waals surface area contributed by atoms with Gasteiger partial charge in [0, 0.05) is 11.6 Å². The number of hydrogen-bond acceptors (Lipinski definition) is 1. The predicted molar refractivity (Wildman–Crippen MR) is 60.3 cm³/mol. The van der Waals surface area contributed by atoms with Crippen molar-refractivity contribution in [2.24, 2.45) is 5.92 Å². The lowest BCUT2D eigenvalue weighted by Crippen LogP contribution is -2.30. The van der Waals surface area contributed by atoms with Crippen molar-refractivity contribution in [3.63, 3.8) is 0 Å². The first-order valence-electron chi connectivity index (χ1n) is 5.65. The first-order valence-corrected chi connectivity index (χ1v) is 5.65. The topological polar surface area (TPSA) is 12.0 Å². The van der Waals surface area contributed by atoms with Crippen molar-refractivity contribution in [2.45, 2.75) is 32.2 Å². The molecule has 0 heterocycles. The van der Waals surface area contributed by atoms with Crippen LogP contribution in [0.2, 0.25) is 0 Å². The van der Waals surface area contributed by atoms with Crippen LogP contribution in [-0.4, -0.2) is 7.05 Å². The number of rotatable bonds is 3. The molecule has 2 heteroatoms. The van der Waals surface area contributed by atoms with Crippen LogP contribution in [0.25, 0.3) is 0 Å². The van der Waals surface area contributed by atoms with Crippen molar-refractivity contribution in [3.8, 4) is 0 Å². The van der Waals surface area contributed by atoms with E-state index in [2.05, 4.69) is 5.32 Å². The summed E-state index contributed by atoms with van der Waals surface area (Å²) in [6, 6.07) is 5.73. The van der Waals surface area contributed by atoms with Crippen molar-refractivity contribution < 1.29 is 4.39 Å². The number of hydrogen-bond donors (Lipinski definition) is 1. The fourth-order valence-electron chi connectivity index (χ4n) is 2.30. The molecular weight excluding hydrogens is 189 g/mol. The Hall–Kier alpha value is -0.890. The summed E-state index contributed by atoms with van der Waals surface area (Å²) in [5.41, 5.74) is 1.81. The van der Waals surface area contributed by atoms with E-state index in [1.54, 1.807) is 6.07 Å². The van der Waals surface area contributed by atoms with Crippen LogP contribution in [-0.2, 0) is 0 Å². The Kier molecular flexibility index (Phi) is 3.06. The molecule has 0 saturated heterocycles. The van der Waals surface area contributed by atoms with Gasteiger partial charge in [-0.05, 0) is 44.4 Å². The number of benzene rings is 1. The normalized spacial score (nSPS) is 18.6. The van der Waals surface area contributed by atoms with Gasteiger partial charge in [-0.2, -0.15) is 0 Å². The lowest BCUT2D eigenvalue weighted by molar-refractivity contribution is 0.235. The Bertz CT molecular complexity index is 344. The standard InChI is InChI=1S/C13H18FN/c1-9-6-7-11(12(14)8-9)13(15-2)10-4-3-5-10/h6-8,10,13,15H,3-5H2,1-2H3. The molecule has 1 nitrogen and oxygen atoms in total. The van der Waals surface area contributed by atoms with Crippen molar-refractivity contribution in [1.82, 2.24) is 5.32 Å². The molecule has 0 spiro atoms. The summed E-state index contributed by atoms with van der Waals surface area (Å²) in [5, 5.41) is 3.24. The van der Waals surface area contributed by atoms with Gasteiger partial charge < -0.3 is 5.32 Å². The Morgan fingerprint density at radius 1 is 1.40 bits per heavy atom. The molecule has 2 rings (SSSR count). The lowest BCUT2D eigenvalue weighted by Gasteiger charge is -2.34. The predicted octanol–water partition coefficient (Wildman–Crippen LogP) is 3.19. The second-order valence-corrected chi connectivity index (χ2v) is 4.48. The quantitative estimate of drug-likeness (QED) is 0.802. The maximum atomic E-state index is 13.8. The summed E-state index contributed by atoms with van der Waals surface area (Å²) in [4.78, 5) is 0. The van der Waals surface area contributed by atoms with Gasteiger partial charge in [0.15, 0.2) is 0 Å². The molecule has 15 heavy (non-hydrogen) atoms. The van der Waals surface area contributed by atoms with Gasteiger partial charge in [-0.25, -0.2) is 4.39 Å². The summed E-state index contributed by atoms with van der Waals surface area (Å²) in [6.07, 6.45) is 3.73. The summed E-state index contributed by atoms with van der Waals surface area (Å²) in [7, 11) is 1.92. The van der Waals surface area contributed by atoms with Crippen LogP contribution >= 0.6 is 0 Å². The van der Waals surface area contributed by atoms with Crippen LogP contribution in [0.5, 0.6) is 0 Å². The van der Waals surface area contributed by atoms with Gasteiger partial charge in [0.25, 0.3) is 0 Å². The Labute approximate surface area is 90.7 Å². The van der Waals surface area contributed by atoms with E-state index in [1.165, 1.54) is 19.3 Å². The van der Waals surface area contributed by atoms with Gasteiger partial charge in [0.05, 0.1) is 0 Å². The fourth-order valence-corrected chi connectivity index (χ4v) is 2.30. The molecule has 0 radical (unpaired) electrons. The largest absolute Gasteiger partial charge is 0.313 e. The molecule has 1 aliphatic rings. The molecular formula is C13H18FN. The third-order valence-corrected chi connectivity index (χ3v) is 3.42. The molecule has 0 aliphatic heterocycles.